The monoisotopic (exact) mass is 296 g/mol. The van der Waals surface area contributed by atoms with Gasteiger partial charge in [0.2, 0.25) is 5.91 Å². The van der Waals surface area contributed by atoms with Gasteiger partial charge in [-0.25, -0.2) is 4.39 Å². The van der Waals surface area contributed by atoms with Gasteiger partial charge in [-0.3, -0.25) is 4.79 Å². The van der Waals surface area contributed by atoms with Crippen LogP contribution in [0, 0.1) is 11.7 Å². The molecule has 20 heavy (non-hydrogen) atoms. The first-order valence-corrected chi connectivity index (χ1v) is 7.10. The Morgan fingerprint density at radius 2 is 1.95 bits per heavy atom. The molecule has 0 aliphatic carbocycles. The van der Waals surface area contributed by atoms with E-state index in [0.29, 0.717) is 30.4 Å². The van der Waals surface area contributed by atoms with Crippen LogP contribution in [-0.2, 0) is 11.2 Å². The summed E-state index contributed by atoms with van der Waals surface area (Å²) in [5.74, 6) is 0.0915. The van der Waals surface area contributed by atoms with Crippen LogP contribution in [0.3, 0.4) is 0 Å². The molecule has 1 aromatic carbocycles. The Kier molecular flexibility index (Phi) is 6.58. The molecule has 1 amide bonds. The van der Waals surface area contributed by atoms with Gasteiger partial charge in [0, 0.05) is 19.5 Å². The number of carbonyl (C=O) groups excluding carboxylic acids is 1. The molecule has 0 aromatic heterocycles. The van der Waals surface area contributed by atoms with Crippen LogP contribution >= 0.6 is 12.2 Å². The number of hydrogen-bond donors (Lipinski definition) is 1. The molecule has 0 saturated heterocycles. The number of amides is 1. The summed E-state index contributed by atoms with van der Waals surface area (Å²) in [5.41, 5.74) is 6.30. The summed E-state index contributed by atoms with van der Waals surface area (Å²) < 4.78 is 12.8. The molecule has 0 unspecified atom stereocenters. The number of rotatable bonds is 7. The molecule has 0 aliphatic heterocycles. The van der Waals surface area contributed by atoms with Crippen molar-refractivity contribution in [2.75, 3.05) is 13.1 Å². The largest absolute Gasteiger partial charge is 0.393 e. The summed E-state index contributed by atoms with van der Waals surface area (Å²) >= 11 is 4.86. The zero-order valence-electron chi connectivity index (χ0n) is 11.9. The lowest BCUT2D eigenvalue weighted by Gasteiger charge is -2.24. The van der Waals surface area contributed by atoms with Gasteiger partial charge in [0.1, 0.15) is 5.82 Å². The summed E-state index contributed by atoms with van der Waals surface area (Å²) in [6.07, 6.45) is 0.793. The second kappa shape index (κ2) is 7.94. The second-order valence-electron chi connectivity index (χ2n) is 5.25. The molecule has 1 aromatic rings. The van der Waals surface area contributed by atoms with Crippen LogP contribution in [0.1, 0.15) is 25.8 Å². The van der Waals surface area contributed by atoms with E-state index >= 15 is 0 Å². The summed E-state index contributed by atoms with van der Waals surface area (Å²) in [5, 5.41) is 0. The Balaban J connectivity index is 2.66. The third-order valence-electron chi connectivity index (χ3n) is 2.83. The summed E-state index contributed by atoms with van der Waals surface area (Å²) in [7, 11) is 0. The SMILES string of the molecule is CC(C)CN(CCC(N)=S)C(=O)Cc1ccc(F)cc1. The van der Waals surface area contributed by atoms with Gasteiger partial charge in [0.15, 0.2) is 0 Å². The molecule has 0 saturated carbocycles. The third kappa shape index (κ3) is 6.10. The van der Waals surface area contributed by atoms with Crippen molar-refractivity contribution in [2.45, 2.75) is 26.7 Å². The van der Waals surface area contributed by atoms with Crippen molar-refractivity contribution in [1.29, 1.82) is 0 Å². The average molecular weight is 296 g/mol. The number of hydrogen-bond acceptors (Lipinski definition) is 2. The van der Waals surface area contributed by atoms with E-state index in [9.17, 15) is 9.18 Å². The van der Waals surface area contributed by atoms with Crippen molar-refractivity contribution in [1.82, 2.24) is 4.90 Å². The highest BCUT2D eigenvalue weighted by Gasteiger charge is 2.15. The molecular formula is C15H21FN2OS. The van der Waals surface area contributed by atoms with E-state index in [4.69, 9.17) is 18.0 Å². The Morgan fingerprint density at radius 3 is 2.45 bits per heavy atom. The number of nitrogens with two attached hydrogens (primary N) is 1. The Bertz CT molecular complexity index is 459. The first-order valence-electron chi connectivity index (χ1n) is 6.69. The first kappa shape index (κ1) is 16.6. The van der Waals surface area contributed by atoms with Crippen LogP contribution < -0.4 is 5.73 Å². The van der Waals surface area contributed by atoms with Crippen LogP contribution in [0.5, 0.6) is 0 Å². The van der Waals surface area contributed by atoms with E-state index in [-0.39, 0.29) is 18.1 Å². The molecule has 0 fully saturated rings. The molecule has 0 bridgehead atoms. The maximum Gasteiger partial charge on any atom is 0.227 e. The standard InChI is InChI=1S/C15H21FN2OS/c1-11(2)10-18(8-7-14(17)20)15(19)9-12-3-5-13(16)6-4-12/h3-6,11H,7-10H2,1-2H3,(H2,17,20). The third-order valence-corrected chi connectivity index (χ3v) is 3.04. The van der Waals surface area contributed by atoms with Gasteiger partial charge in [-0.15, -0.1) is 0 Å². The predicted octanol–water partition coefficient (Wildman–Crippen LogP) is 2.53. The van der Waals surface area contributed by atoms with Crippen molar-refractivity contribution in [3.05, 3.63) is 35.6 Å². The van der Waals surface area contributed by atoms with Gasteiger partial charge in [-0.1, -0.05) is 38.2 Å². The van der Waals surface area contributed by atoms with Crippen molar-refractivity contribution in [3.8, 4) is 0 Å². The fourth-order valence-electron chi connectivity index (χ4n) is 1.89. The van der Waals surface area contributed by atoms with Crippen LogP contribution in [0.15, 0.2) is 24.3 Å². The predicted molar refractivity (Wildman–Crippen MR) is 82.9 cm³/mol. The first-order chi connectivity index (χ1) is 9.38. The van der Waals surface area contributed by atoms with E-state index in [1.807, 2.05) is 0 Å². The Hall–Kier alpha value is -1.49. The van der Waals surface area contributed by atoms with E-state index in [2.05, 4.69) is 13.8 Å². The van der Waals surface area contributed by atoms with E-state index in [0.717, 1.165) is 5.56 Å². The highest BCUT2D eigenvalue weighted by molar-refractivity contribution is 7.80. The Morgan fingerprint density at radius 1 is 1.35 bits per heavy atom. The molecule has 3 nitrogen and oxygen atoms in total. The molecular weight excluding hydrogens is 275 g/mol. The number of benzene rings is 1. The maximum atomic E-state index is 12.8. The van der Waals surface area contributed by atoms with Gasteiger partial charge >= 0.3 is 0 Å². The zero-order chi connectivity index (χ0) is 15.1. The van der Waals surface area contributed by atoms with Crippen LogP contribution in [0.2, 0.25) is 0 Å². The Labute approximate surface area is 125 Å². The van der Waals surface area contributed by atoms with E-state index in [1.165, 1.54) is 12.1 Å². The number of carbonyl (C=O) groups is 1. The molecule has 0 aliphatic rings. The van der Waals surface area contributed by atoms with Crippen molar-refractivity contribution in [3.63, 3.8) is 0 Å². The highest BCUT2D eigenvalue weighted by Crippen LogP contribution is 2.08. The highest BCUT2D eigenvalue weighted by atomic mass is 32.1. The van der Waals surface area contributed by atoms with Gasteiger partial charge in [0.05, 0.1) is 11.4 Å². The minimum Gasteiger partial charge on any atom is -0.393 e. The molecule has 5 heteroatoms. The lowest BCUT2D eigenvalue weighted by atomic mass is 10.1. The normalized spacial score (nSPS) is 10.6. The van der Waals surface area contributed by atoms with Gasteiger partial charge in [-0.2, -0.15) is 0 Å². The lowest BCUT2D eigenvalue weighted by Crippen LogP contribution is -2.37. The minimum atomic E-state index is -0.297. The molecule has 1 rings (SSSR count). The number of halogens is 1. The molecule has 2 N–H and O–H groups in total. The van der Waals surface area contributed by atoms with E-state index in [1.54, 1.807) is 17.0 Å². The summed E-state index contributed by atoms with van der Waals surface area (Å²) in [6.45, 7) is 5.31. The molecule has 0 spiro atoms. The van der Waals surface area contributed by atoms with Crippen molar-refractivity contribution >= 4 is 23.1 Å². The summed E-state index contributed by atoms with van der Waals surface area (Å²) in [4.78, 5) is 14.5. The van der Waals surface area contributed by atoms with Crippen LogP contribution in [-0.4, -0.2) is 28.9 Å². The number of thiocarbonyl (C=S) groups is 1. The second-order valence-corrected chi connectivity index (χ2v) is 5.78. The minimum absolute atomic E-state index is 0.0153. The van der Waals surface area contributed by atoms with Crippen molar-refractivity contribution < 1.29 is 9.18 Å². The molecule has 0 radical (unpaired) electrons. The fourth-order valence-corrected chi connectivity index (χ4v) is 1.98. The van der Waals surface area contributed by atoms with Gasteiger partial charge < -0.3 is 10.6 Å². The van der Waals surface area contributed by atoms with Crippen LogP contribution in [0.25, 0.3) is 0 Å². The van der Waals surface area contributed by atoms with E-state index < -0.39 is 0 Å². The smallest absolute Gasteiger partial charge is 0.227 e. The van der Waals surface area contributed by atoms with Crippen molar-refractivity contribution in [2.24, 2.45) is 11.7 Å². The van der Waals surface area contributed by atoms with Gasteiger partial charge in [0.25, 0.3) is 0 Å². The zero-order valence-corrected chi connectivity index (χ0v) is 12.8. The quantitative estimate of drug-likeness (QED) is 0.787. The lowest BCUT2D eigenvalue weighted by molar-refractivity contribution is -0.130. The fraction of sp³-hybridized carbons (Fsp3) is 0.467. The average Bonchev–Trinajstić information content (AvgIpc) is 2.36. The topological polar surface area (TPSA) is 46.3 Å². The molecule has 0 atom stereocenters. The van der Waals surface area contributed by atoms with Crippen LogP contribution in [0.4, 0.5) is 4.39 Å². The van der Waals surface area contributed by atoms with Gasteiger partial charge in [-0.05, 0) is 23.6 Å². The molecule has 110 valence electrons. The molecule has 0 heterocycles. The number of nitrogens with zero attached hydrogens (tertiary/aromatic N) is 1. The maximum absolute atomic E-state index is 12.8. The summed E-state index contributed by atoms with van der Waals surface area (Å²) in [6, 6.07) is 6.00.